The molecule has 1 amide bonds. The maximum Gasteiger partial charge on any atom is 0.303 e. The van der Waals surface area contributed by atoms with E-state index in [1.807, 2.05) is 0 Å². The number of thioether (sulfide) groups is 1. The number of hydrogen-bond acceptors (Lipinski definition) is 7. The van der Waals surface area contributed by atoms with E-state index >= 15 is 0 Å². The lowest BCUT2D eigenvalue weighted by atomic mass is 10.0. The summed E-state index contributed by atoms with van der Waals surface area (Å²) in [6, 6.07) is 8.34. The minimum Gasteiger partial charge on any atom is -0.492 e. The van der Waals surface area contributed by atoms with Gasteiger partial charge >= 0.3 is 5.97 Å². The Labute approximate surface area is 235 Å². The van der Waals surface area contributed by atoms with E-state index in [1.54, 1.807) is 24.3 Å². The molecule has 2 aliphatic rings. The second-order valence-corrected chi connectivity index (χ2v) is 10.9. The van der Waals surface area contributed by atoms with E-state index in [0.717, 1.165) is 31.3 Å². The van der Waals surface area contributed by atoms with E-state index in [0.29, 0.717) is 78.3 Å². The minimum absolute atomic E-state index is 0.0921. The predicted molar refractivity (Wildman–Crippen MR) is 151 cm³/mol. The average Bonchev–Trinajstić information content (AvgIpc) is 3.18. The Bertz CT molecular complexity index is 1250. The Balaban J connectivity index is 1.53. The molecular formula is C28H30F2N2O5S2. The average molecular weight is 577 g/mol. The number of carboxylic acid groups (broad SMARTS) is 1. The van der Waals surface area contributed by atoms with E-state index in [2.05, 4.69) is 4.90 Å². The zero-order valence-corrected chi connectivity index (χ0v) is 23.0. The van der Waals surface area contributed by atoms with Crippen LogP contribution in [0.5, 0.6) is 5.75 Å². The van der Waals surface area contributed by atoms with Crippen LogP contribution in [0.25, 0.3) is 17.2 Å². The lowest BCUT2D eigenvalue weighted by Crippen LogP contribution is -2.38. The van der Waals surface area contributed by atoms with Crippen molar-refractivity contribution < 1.29 is 33.0 Å². The third-order valence-corrected chi connectivity index (χ3v) is 7.83. The topological polar surface area (TPSA) is 79.3 Å². The van der Waals surface area contributed by atoms with Crippen LogP contribution in [-0.4, -0.2) is 77.1 Å². The number of carbonyl (C=O) groups excluding carboxylic acids is 1. The van der Waals surface area contributed by atoms with Crippen LogP contribution in [0.15, 0.2) is 41.3 Å². The highest BCUT2D eigenvalue weighted by molar-refractivity contribution is 8.26. The van der Waals surface area contributed by atoms with Gasteiger partial charge in [-0.15, -0.1) is 0 Å². The zero-order chi connectivity index (χ0) is 27.8. The van der Waals surface area contributed by atoms with Gasteiger partial charge in [-0.2, -0.15) is 0 Å². The molecule has 208 valence electrons. The highest BCUT2D eigenvalue weighted by atomic mass is 32.2. The van der Waals surface area contributed by atoms with Gasteiger partial charge in [0.1, 0.15) is 28.3 Å². The smallest absolute Gasteiger partial charge is 0.303 e. The largest absolute Gasteiger partial charge is 0.492 e. The van der Waals surface area contributed by atoms with Crippen LogP contribution in [0.1, 0.15) is 31.2 Å². The number of rotatable bonds is 12. The van der Waals surface area contributed by atoms with Gasteiger partial charge in [-0.05, 0) is 54.8 Å². The number of unbranched alkanes of at least 4 members (excludes halogenated alkanes) is 2. The molecular weight excluding hydrogens is 546 g/mol. The van der Waals surface area contributed by atoms with Crippen LogP contribution in [0, 0.1) is 11.6 Å². The molecule has 2 saturated heterocycles. The first-order chi connectivity index (χ1) is 18.8. The maximum atomic E-state index is 14.5. The molecule has 0 bridgehead atoms. The van der Waals surface area contributed by atoms with Crippen LogP contribution in [0.4, 0.5) is 8.78 Å². The molecule has 7 nitrogen and oxygen atoms in total. The molecule has 2 aliphatic heterocycles. The molecule has 0 atom stereocenters. The molecule has 2 fully saturated rings. The summed E-state index contributed by atoms with van der Waals surface area (Å²) in [5.41, 5.74) is 1.12. The summed E-state index contributed by atoms with van der Waals surface area (Å²) < 4.78 is 40.3. The molecule has 0 saturated carbocycles. The Hall–Kier alpha value is -2.86. The molecule has 1 N–H and O–H groups in total. The van der Waals surface area contributed by atoms with Gasteiger partial charge in [-0.1, -0.05) is 36.5 Å². The number of carboxylic acids is 1. The first-order valence-electron chi connectivity index (χ1n) is 12.8. The van der Waals surface area contributed by atoms with Crippen molar-refractivity contribution in [2.45, 2.75) is 25.7 Å². The third-order valence-electron chi connectivity index (χ3n) is 6.45. The van der Waals surface area contributed by atoms with Crippen molar-refractivity contribution in [3.05, 3.63) is 58.5 Å². The van der Waals surface area contributed by atoms with Crippen molar-refractivity contribution in [3.63, 3.8) is 0 Å². The fraction of sp³-hybridized carbons (Fsp3) is 0.393. The van der Waals surface area contributed by atoms with E-state index in [-0.39, 0.29) is 17.9 Å². The molecule has 0 radical (unpaired) electrons. The van der Waals surface area contributed by atoms with E-state index in [9.17, 15) is 18.4 Å². The molecule has 39 heavy (non-hydrogen) atoms. The normalized spacial score (nSPS) is 17.3. The second kappa shape index (κ2) is 14.0. The van der Waals surface area contributed by atoms with Crippen LogP contribution in [-0.2, 0) is 14.3 Å². The SMILES string of the molecule is O=C(O)CCCCCN1C(=O)/C(=C/c2cc(-c3cc(F)ccc3F)ccc2OCCN2CCOCC2)SC1=S. The van der Waals surface area contributed by atoms with Crippen LogP contribution in [0.2, 0.25) is 0 Å². The maximum absolute atomic E-state index is 14.5. The Morgan fingerprint density at radius 1 is 1.10 bits per heavy atom. The number of aliphatic carboxylic acids is 1. The number of thiocarbonyl (C=S) groups is 1. The van der Waals surface area contributed by atoms with Crippen molar-refractivity contribution in [2.75, 3.05) is 46.0 Å². The Morgan fingerprint density at radius 3 is 2.67 bits per heavy atom. The van der Waals surface area contributed by atoms with Gasteiger partial charge in [0.2, 0.25) is 0 Å². The molecule has 2 heterocycles. The van der Waals surface area contributed by atoms with Gasteiger partial charge in [0.05, 0.1) is 18.1 Å². The first kappa shape index (κ1) is 29.1. The van der Waals surface area contributed by atoms with Crippen LogP contribution < -0.4 is 4.74 Å². The summed E-state index contributed by atoms with van der Waals surface area (Å²) in [6.45, 7) is 4.53. The summed E-state index contributed by atoms with van der Waals surface area (Å²) in [5.74, 6) is -1.68. The summed E-state index contributed by atoms with van der Waals surface area (Å²) in [5, 5.41) is 8.79. The Kier molecular flexibility index (Phi) is 10.4. The van der Waals surface area contributed by atoms with Gasteiger partial charge in [-0.25, -0.2) is 8.78 Å². The molecule has 0 aliphatic carbocycles. The number of ether oxygens (including phenoxy) is 2. The number of morpholine rings is 1. The standard InChI is InChI=1S/C28H30F2N2O5S2/c29-21-6-7-23(30)22(18-21)19-5-8-24(37-15-12-31-10-13-36-14-11-31)20(16-19)17-25-27(35)32(28(38)39-25)9-3-1-2-4-26(33)34/h5-8,16-18H,1-4,9-15H2,(H,33,34)/b25-17-. The summed E-state index contributed by atoms with van der Waals surface area (Å²) in [6.07, 6.45) is 3.61. The Morgan fingerprint density at radius 2 is 1.90 bits per heavy atom. The fourth-order valence-electron chi connectivity index (χ4n) is 4.35. The fourth-order valence-corrected chi connectivity index (χ4v) is 5.64. The molecule has 0 spiro atoms. The monoisotopic (exact) mass is 576 g/mol. The van der Waals surface area contributed by atoms with E-state index in [4.69, 9.17) is 26.8 Å². The van der Waals surface area contributed by atoms with Gasteiger partial charge in [-0.3, -0.25) is 19.4 Å². The highest BCUT2D eigenvalue weighted by Gasteiger charge is 2.31. The number of carbonyl (C=O) groups is 2. The molecule has 0 aromatic heterocycles. The molecule has 0 unspecified atom stereocenters. The number of hydrogen-bond donors (Lipinski definition) is 1. The first-order valence-corrected chi connectivity index (χ1v) is 14.0. The molecule has 2 aromatic rings. The van der Waals surface area contributed by atoms with Crippen molar-refractivity contribution in [1.29, 1.82) is 0 Å². The van der Waals surface area contributed by atoms with Crippen molar-refractivity contribution >= 4 is 46.3 Å². The van der Waals surface area contributed by atoms with Gasteiger partial charge < -0.3 is 14.6 Å². The van der Waals surface area contributed by atoms with Gasteiger partial charge in [0.25, 0.3) is 5.91 Å². The quantitative estimate of drug-likeness (QED) is 0.210. The van der Waals surface area contributed by atoms with Gasteiger partial charge in [0, 0.05) is 43.7 Å². The molecule has 11 heteroatoms. The lowest BCUT2D eigenvalue weighted by molar-refractivity contribution is -0.137. The zero-order valence-electron chi connectivity index (χ0n) is 21.4. The number of nitrogens with zero attached hydrogens (tertiary/aromatic N) is 2. The number of benzene rings is 2. The van der Waals surface area contributed by atoms with E-state index in [1.165, 1.54) is 16.7 Å². The lowest BCUT2D eigenvalue weighted by Gasteiger charge is -2.26. The summed E-state index contributed by atoms with van der Waals surface area (Å²) in [4.78, 5) is 28.0. The summed E-state index contributed by atoms with van der Waals surface area (Å²) >= 11 is 6.61. The second-order valence-electron chi connectivity index (χ2n) is 9.22. The van der Waals surface area contributed by atoms with Crippen LogP contribution in [0.3, 0.4) is 0 Å². The predicted octanol–water partition coefficient (Wildman–Crippen LogP) is 5.19. The molecule has 2 aromatic carbocycles. The van der Waals surface area contributed by atoms with Crippen molar-refractivity contribution in [2.24, 2.45) is 0 Å². The third kappa shape index (κ3) is 8.07. The van der Waals surface area contributed by atoms with Crippen LogP contribution >= 0.6 is 24.0 Å². The van der Waals surface area contributed by atoms with E-state index < -0.39 is 17.6 Å². The highest BCUT2D eigenvalue weighted by Crippen LogP contribution is 2.36. The van der Waals surface area contributed by atoms with Crippen molar-refractivity contribution in [3.8, 4) is 16.9 Å². The number of amides is 1. The molecule has 4 rings (SSSR count). The van der Waals surface area contributed by atoms with Gasteiger partial charge in [0.15, 0.2) is 0 Å². The minimum atomic E-state index is -0.841. The summed E-state index contributed by atoms with van der Waals surface area (Å²) in [7, 11) is 0. The van der Waals surface area contributed by atoms with Crippen molar-refractivity contribution in [1.82, 2.24) is 9.80 Å². The number of halogens is 2.